The number of esters is 1. The molecule has 0 aromatic rings. The van der Waals surface area contributed by atoms with Gasteiger partial charge in [-0.05, 0) is 19.3 Å². The molecule has 0 bridgehead atoms. The summed E-state index contributed by atoms with van der Waals surface area (Å²) in [4.78, 5) is 35.2. The molecule has 2 rings (SSSR count). The van der Waals surface area contributed by atoms with Gasteiger partial charge in [-0.1, -0.05) is 13.3 Å². The van der Waals surface area contributed by atoms with E-state index in [0.717, 1.165) is 12.8 Å². The van der Waals surface area contributed by atoms with Crippen molar-refractivity contribution in [1.29, 1.82) is 0 Å². The molecule has 2 unspecified atom stereocenters. The molecule has 2 heterocycles. The Morgan fingerprint density at radius 1 is 1.36 bits per heavy atom. The number of carbonyl (C=O) groups is 3. The quantitative estimate of drug-likeness (QED) is 0.722. The minimum absolute atomic E-state index is 0.0757. The van der Waals surface area contributed by atoms with Gasteiger partial charge in [-0.25, -0.2) is 10.0 Å². The third-order valence-electron chi connectivity index (χ3n) is 4.36. The lowest BCUT2D eigenvalue weighted by Gasteiger charge is -2.44. The first-order valence-corrected chi connectivity index (χ1v) is 7.95. The fraction of sp³-hybridized carbons (Fsp3) is 0.800. The Labute approximate surface area is 130 Å². The van der Waals surface area contributed by atoms with Crippen LogP contribution in [0.15, 0.2) is 0 Å². The van der Waals surface area contributed by atoms with Crippen molar-refractivity contribution in [3.05, 3.63) is 0 Å². The van der Waals surface area contributed by atoms with Gasteiger partial charge in [0, 0.05) is 19.5 Å². The zero-order chi connectivity index (χ0) is 16.1. The van der Waals surface area contributed by atoms with Crippen molar-refractivity contribution in [3.8, 4) is 0 Å². The summed E-state index contributed by atoms with van der Waals surface area (Å²) in [5.74, 6) is -1.55. The van der Waals surface area contributed by atoms with Crippen molar-refractivity contribution in [2.75, 3.05) is 26.2 Å². The van der Waals surface area contributed by atoms with Gasteiger partial charge in [-0.3, -0.25) is 14.4 Å². The number of ether oxygens (including phenoxy) is 1. The van der Waals surface area contributed by atoms with Gasteiger partial charge in [-0.15, -0.1) is 0 Å². The lowest BCUT2D eigenvalue weighted by atomic mass is 9.88. The van der Waals surface area contributed by atoms with Crippen LogP contribution >= 0.6 is 0 Å². The van der Waals surface area contributed by atoms with Crippen LogP contribution in [0.4, 0.5) is 0 Å². The predicted molar refractivity (Wildman–Crippen MR) is 77.9 cm³/mol. The minimum Gasteiger partial charge on any atom is -0.481 e. The number of morpholine rings is 1. The van der Waals surface area contributed by atoms with E-state index in [4.69, 9.17) is 4.74 Å². The number of carboxylic acids is 1. The Hall–Kier alpha value is -1.47. The van der Waals surface area contributed by atoms with Gasteiger partial charge in [0.25, 0.3) is 0 Å². The third-order valence-corrected chi connectivity index (χ3v) is 4.36. The summed E-state index contributed by atoms with van der Waals surface area (Å²) < 4.78 is 4.93. The van der Waals surface area contributed by atoms with Crippen LogP contribution in [-0.4, -0.2) is 65.1 Å². The number of piperidine rings is 1. The van der Waals surface area contributed by atoms with Gasteiger partial charge < -0.3 is 9.84 Å². The second kappa shape index (κ2) is 7.69. The fourth-order valence-corrected chi connectivity index (χ4v) is 3.09. The molecule has 0 aromatic carbocycles. The van der Waals surface area contributed by atoms with Crippen LogP contribution in [0.3, 0.4) is 0 Å². The van der Waals surface area contributed by atoms with E-state index in [1.165, 1.54) is 0 Å². The number of hydrogen-bond acceptors (Lipinski definition) is 6. The topological polar surface area (TPSA) is 87.2 Å². The van der Waals surface area contributed by atoms with E-state index in [9.17, 15) is 19.5 Å². The number of carboxylic acid groups (broad SMARTS) is 1. The summed E-state index contributed by atoms with van der Waals surface area (Å²) >= 11 is 0. The average Bonchev–Trinajstić information content (AvgIpc) is 2.52. The number of nitrogens with zero attached hydrogens (tertiary/aromatic N) is 2. The second-order valence-corrected chi connectivity index (χ2v) is 5.92. The van der Waals surface area contributed by atoms with Gasteiger partial charge >= 0.3 is 11.9 Å². The smallest absolute Gasteiger partial charge is 0.321 e. The Kier molecular flexibility index (Phi) is 5.90. The number of hydrogen-bond donors (Lipinski definition) is 1. The molecule has 0 radical (unpaired) electrons. The monoisotopic (exact) mass is 312 g/mol. The molecule has 2 saturated heterocycles. The van der Waals surface area contributed by atoms with Crippen molar-refractivity contribution in [1.82, 2.24) is 10.0 Å². The standard InChI is InChI=1S/C15H24N2O5/c1-2-3-4-13(18)12-9-11(15(20)21)5-6-17(12)16-7-8-22-14(19)10-16/h11-12H,2-10H2,1H3,(H,20,21). The first-order valence-electron chi connectivity index (χ1n) is 7.95. The largest absolute Gasteiger partial charge is 0.481 e. The van der Waals surface area contributed by atoms with E-state index in [2.05, 4.69) is 0 Å². The van der Waals surface area contributed by atoms with E-state index < -0.39 is 17.9 Å². The maximum absolute atomic E-state index is 12.5. The van der Waals surface area contributed by atoms with Gasteiger partial charge in [-0.2, -0.15) is 0 Å². The fourth-order valence-electron chi connectivity index (χ4n) is 3.09. The van der Waals surface area contributed by atoms with Crippen LogP contribution in [-0.2, 0) is 19.1 Å². The highest BCUT2D eigenvalue weighted by atomic mass is 16.5. The highest BCUT2D eigenvalue weighted by molar-refractivity contribution is 5.85. The van der Waals surface area contributed by atoms with Crippen molar-refractivity contribution < 1.29 is 24.2 Å². The summed E-state index contributed by atoms with van der Waals surface area (Å²) in [6, 6.07) is -0.438. The summed E-state index contributed by atoms with van der Waals surface area (Å²) in [6.07, 6.45) is 3.02. The Balaban J connectivity index is 2.09. The first kappa shape index (κ1) is 16.9. The van der Waals surface area contributed by atoms with Gasteiger partial charge in [0.1, 0.15) is 13.2 Å². The van der Waals surface area contributed by atoms with E-state index in [-0.39, 0.29) is 18.3 Å². The third kappa shape index (κ3) is 4.04. The number of Topliss-reactive ketones (excluding diaryl/α,β-unsaturated/α-hetero) is 1. The van der Waals surface area contributed by atoms with Crippen molar-refractivity contribution in [2.45, 2.75) is 45.1 Å². The number of unbranched alkanes of at least 4 members (excludes halogenated alkanes) is 1. The second-order valence-electron chi connectivity index (χ2n) is 5.92. The molecule has 2 aliphatic heterocycles. The SMILES string of the molecule is CCCCC(=O)C1CC(C(=O)O)CCN1N1CCOC(=O)C1. The number of carbonyl (C=O) groups excluding carboxylic acids is 2. The number of aliphatic carboxylic acids is 1. The molecule has 1 N–H and O–H groups in total. The molecule has 7 heteroatoms. The summed E-state index contributed by atoms with van der Waals surface area (Å²) in [6.45, 7) is 3.52. The average molecular weight is 312 g/mol. The van der Waals surface area contributed by atoms with Crippen LogP contribution in [0, 0.1) is 5.92 Å². The molecular weight excluding hydrogens is 288 g/mol. The van der Waals surface area contributed by atoms with Crippen LogP contribution in [0.5, 0.6) is 0 Å². The Morgan fingerprint density at radius 2 is 2.14 bits per heavy atom. The van der Waals surface area contributed by atoms with E-state index in [0.29, 0.717) is 39.0 Å². The Morgan fingerprint density at radius 3 is 2.77 bits per heavy atom. The van der Waals surface area contributed by atoms with Crippen molar-refractivity contribution in [2.24, 2.45) is 5.92 Å². The molecule has 2 atom stereocenters. The zero-order valence-electron chi connectivity index (χ0n) is 13.0. The molecule has 2 aliphatic rings. The van der Waals surface area contributed by atoms with Gasteiger partial charge in [0.05, 0.1) is 12.0 Å². The highest BCUT2D eigenvalue weighted by Crippen LogP contribution is 2.27. The molecule has 124 valence electrons. The number of ketones is 1. The molecule has 0 saturated carbocycles. The maximum Gasteiger partial charge on any atom is 0.321 e. The predicted octanol–water partition coefficient (Wildman–Crippen LogP) is 0.685. The molecule has 7 nitrogen and oxygen atoms in total. The zero-order valence-corrected chi connectivity index (χ0v) is 13.0. The minimum atomic E-state index is -0.842. The van der Waals surface area contributed by atoms with Gasteiger partial charge in [0.2, 0.25) is 0 Å². The van der Waals surface area contributed by atoms with Crippen molar-refractivity contribution in [3.63, 3.8) is 0 Å². The van der Waals surface area contributed by atoms with Crippen molar-refractivity contribution >= 4 is 17.7 Å². The van der Waals surface area contributed by atoms with E-state index in [1.807, 2.05) is 16.9 Å². The first-order chi connectivity index (χ1) is 10.5. The van der Waals surface area contributed by atoms with Gasteiger partial charge in [0.15, 0.2) is 5.78 Å². The normalized spacial score (nSPS) is 27.4. The van der Waals surface area contributed by atoms with Crippen LogP contribution in [0.2, 0.25) is 0 Å². The molecule has 0 aliphatic carbocycles. The lowest BCUT2D eigenvalue weighted by Crippen LogP contribution is -2.59. The molecular formula is C15H24N2O5. The molecule has 22 heavy (non-hydrogen) atoms. The molecule has 0 aromatic heterocycles. The van der Waals surface area contributed by atoms with Crippen LogP contribution < -0.4 is 0 Å². The summed E-state index contributed by atoms with van der Waals surface area (Å²) in [5, 5.41) is 13.0. The number of cyclic esters (lactones) is 1. The summed E-state index contributed by atoms with van der Waals surface area (Å²) in [7, 11) is 0. The number of hydrazine groups is 1. The van der Waals surface area contributed by atoms with Crippen LogP contribution in [0.25, 0.3) is 0 Å². The molecule has 2 fully saturated rings. The Bertz CT molecular complexity index is 440. The molecule has 0 spiro atoms. The van der Waals surface area contributed by atoms with Crippen LogP contribution in [0.1, 0.15) is 39.0 Å². The maximum atomic E-state index is 12.5. The summed E-state index contributed by atoms with van der Waals surface area (Å²) in [5.41, 5.74) is 0. The highest BCUT2D eigenvalue weighted by Gasteiger charge is 2.39. The number of rotatable bonds is 6. The lowest BCUT2D eigenvalue weighted by molar-refractivity contribution is -0.176. The van der Waals surface area contributed by atoms with E-state index >= 15 is 0 Å². The molecule has 0 amide bonds. The van der Waals surface area contributed by atoms with E-state index in [1.54, 1.807) is 0 Å².